The second kappa shape index (κ2) is 3.25. The van der Waals surface area contributed by atoms with Crippen LogP contribution in [0.2, 0.25) is 0 Å². The Bertz CT molecular complexity index is 242. The second-order valence-corrected chi connectivity index (χ2v) is 5.35. The van der Waals surface area contributed by atoms with Crippen molar-refractivity contribution in [3.05, 3.63) is 12.1 Å². The van der Waals surface area contributed by atoms with Gasteiger partial charge in [-0.05, 0) is 6.92 Å². The fourth-order valence-corrected chi connectivity index (χ4v) is 2.58. The molecule has 1 unspecified atom stereocenters. The maximum Gasteiger partial charge on any atom is 0.141 e. The van der Waals surface area contributed by atoms with E-state index in [1.807, 2.05) is 5.88 Å². The average Bonchev–Trinajstić information content (AvgIpc) is 2.62. The third-order valence-corrected chi connectivity index (χ3v) is 3.56. The predicted octanol–water partition coefficient (Wildman–Crippen LogP) is 0.531. The monoisotopic (exact) mass is 202 g/mol. The van der Waals surface area contributed by atoms with Crippen LogP contribution in [0, 0.1) is 5.88 Å². The third-order valence-electron chi connectivity index (χ3n) is 1.34. The summed E-state index contributed by atoms with van der Waals surface area (Å²) in [7, 11) is 0. The molecule has 12 heavy (non-hydrogen) atoms. The highest BCUT2D eigenvalue weighted by Crippen LogP contribution is 2.41. The van der Waals surface area contributed by atoms with Gasteiger partial charge in [-0.1, -0.05) is 17.0 Å². The number of aromatic nitrogens is 3. The summed E-state index contributed by atoms with van der Waals surface area (Å²) < 4.78 is -0.0864. The highest BCUT2D eigenvalue weighted by atomic mass is 32.2. The molecule has 1 atom stereocenters. The van der Waals surface area contributed by atoms with Crippen LogP contribution in [0.5, 0.6) is 0 Å². The van der Waals surface area contributed by atoms with Crippen LogP contribution < -0.4 is 10.9 Å². The first-order chi connectivity index (χ1) is 5.79. The third kappa shape index (κ3) is 1.74. The van der Waals surface area contributed by atoms with Crippen LogP contribution >= 0.6 is 23.5 Å². The Kier molecular flexibility index (Phi) is 2.26. The molecule has 0 amide bonds. The normalized spacial score (nSPS) is 29.4. The second-order valence-electron chi connectivity index (χ2n) is 2.36. The zero-order valence-electron chi connectivity index (χ0n) is 6.37. The lowest BCUT2D eigenvalue weighted by Crippen LogP contribution is -2.36. The average molecular weight is 202 g/mol. The number of aromatic amines is 1. The van der Waals surface area contributed by atoms with E-state index in [0.717, 1.165) is 5.03 Å². The topological polar surface area (TPSA) is 65.6 Å². The van der Waals surface area contributed by atoms with E-state index in [-0.39, 0.29) is 4.20 Å². The molecule has 65 valence electrons. The molecule has 1 radical (unpaired) electrons. The van der Waals surface area contributed by atoms with E-state index in [0.29, 0.717) is 0 Å². The van der Waals surface area contributed by atoms with Gasteiger partial charge in [-0.25, -0.2) is 10.9 Å². The van der Waals surface area contributed by atoms with Crippen molar-refractivity contribution in [1.29, 1.82) is 0 Å². The Morgan fingerprint density at radius 1 is 1.67 bits per heavy atom. The van der Waals surface area contributed by atoms with Crippen LogP contribution in [0.15, 0.2) is 11.2 Å². The molecule has 0 aliphatic carbocycles. The van der Waals surface area contributed by atoms with Crippen LogP contribution in [-0.2, 0) is 0 Å². The first kappa shape index (κ1) is 8.36. The van der Waals surface area contributed by atoms with Crippen molar-refractivity contribution in [1.82, 2.24) is 26.3 Å². The standard InChI is InChI=1S/C5H8N5S2/c1-5(9-7-3-11-5)12-4-2-6-10-8-4/h2-3,7,9H,1H3,(H,6,8,10). The lowest BCUT2D eigenvalue weighted by molar-refractivity contribution is 0.609. The summed E-state index contributed by atoms with van der Waals surface area (Å²) in [5.41, 5.74) is 6.04. The fraction of sp³-hybridized carbons (Fsp3) is 0.400. The van der Waals surface area contributed by atoms with Crippen LogP contribution in [0.25, 0.3) is 0 Å². The Balaban J connectivity index is 2.02. The van der Waals surface area contributed by atoms with E-state index >= 15 is 0 Å². The van der Waals surface area contributed by atoms with Gasteiger partial charge in [0.2, 0.25) is 0 Å². The van der Waals surface area contributed by atoms with Crippen molar-refractivity contribution in [2.24, 2.45) is 0 Å². The Morgan fingerprint density at radius 2 is 2.58 bits per heavy atom. The van der Waals surface area contributed by atoms with Crippen molar-refractivity contribution in [2.45, 2.75) is 16.2 Å². The number of nitrogens with zero attached hydrogens (tertiary/aromatic N) is 2. The predicted molar refractivity (Wildman–Crippen MR) is 48.8 cm³/mol. The number of rotatable bonds is 2. The van der Waals surface area contributed by atoms with Crippen molar-refractivity contribution in [2.75, 3.05) is 0 Å². The van der Waals surface area contributed by atoms with E-state index in [4.69, 9.17) is 0 Å². The summed E-state index contributed by atoms with van der Waals surface area (Å²) in [6.07, 6.45) is 1.77. The number of nitrogens with one attached hydrogen (secondary N) is 3. The van der Waals surface area contributed by atoms with Crippen LogP contribution in [0.4, 0.5) is 0 Å². The molecule has 0 spiro atoms. The maximum absolute atomic E-state index is 3.89. The molecular formula is C5H8N5S2. The van der Waals surface area contributed by atoms with Crippen LogP contribution in [-0.4, -0.2) is 19.6 Å². The minimum atomic E-state index is -0.0864. The number of hydrogen-bond acceptors (Lipinski definition) is 6. The lowest BCUT2D eigenvalue weighted by Gasteiger charge is -2.19. The van der Waals surface area contributed by atoms with Gasteiger partial charge in [-0.15, -0.1) is 16.9 Å². The van der Waals surface area contributed by atoms with Crippen molar-refractivity contribution in [3.63, 3.8) is 0 Å². The quantitative estimate of drug-likeness (QED) is 0.650. The molecule has 0 aromatic carbocycles. The summed E-state index contributed by atoms with van der Waals surface area (Å²) in [4.78, 5) is 0. The Morgan fingerprint density at radius 3 is 3.17 bits per heavy atom. The van der Waals surface area contributed by atoms with Crippen LogP contribution in [0.1, 0.15) is 6.92 Å². The lowest BCUT2D eigenvalue weighted by atomic mass is 10.8. The molecule has 5 nitrogen and oxygen atoms in total. The minimum Gasteiger partial charge on any atom is -0.264 e. The van der Waals surface area contributed by atoms with Gasteiger partial charge in [0.1, 0.15) is 9.23 Å². The summed E-state index contributed by atoms with van der Waals surface area (Å²) in [5, 5.41) is 11.1. The molecule has 3 N–H and O–H groups in total. The van der Waals surface area contributed by atoms with E-state index in [1.54, 1.807) is 29.7 Å². The molecular weight excluding hydrogens is 194 g/mol. The SMILES string of the molecule is CC1(Sc2c[nH]nn2)NN[CH]S1. The first-order valence-corrected chi connectivity index (χ1v) is 5.06. The molecule has 2 rings (SSSR count). The summed E-state index contributed by atoms with van der Waals surface area (Å²) in [6.45, 7) is 2.08. The molecule has 2 heterocycles. The zero-order chi connectivity index (χ0) is 8.44. The van der Waals surface area contributed by atoms with Gasteiger partial charge < -0.3 is 0 Å². The highest BCUT2D eigenvalue weighted by molar-refractivity contribution is 8.19. The molecule has 7 heteroatoms. The Labute approximate surface area is 78.4 Å². The van der Waals surface area contributed by atoms with E-state index in [1.165, 1.54) is 0 Å². The van der Waals surface area contributed by atoms with Gasteiger partial charge in [0, 0.05) is 0 Å². The van der Waals surface area contributed by atoms with Gasteiger partial charge in [-0.2, -0.15) is 0 Å². The van der Waals surface area contributed by atoms with Crippen molar-refractivity contribution < 1.29 is 0 Å². The molecule has 1 fully saturated rings. The largest absolute Gasteiger partial charge is 0.264 e. The molecule has 1 aromatic rings. The minimum absolute atomic E-state index is 0.0864. The number of H-pyrrole nitrogens is 1. The maximum atomic E-state index is 3.89. The van der Waals surface area contributed by atoms with Gasteiger partial charge in [0.05, 0.1) is 12.1 Å². The summed E-state index contributed by atoms with van der Waals surface area (Å²) in [5.74, 6) is 1.91. The van der Waals surface area contributed by atoms with Gasteiger partial charge in [-0.3, -0.25) is 5.10 Å². The molecule has 1 aliphatic rings. The van der Waals surface area contributed by atoms with Crippen molar-refractivity contribution >= 4 is 23.5 Å². The van der Waals surface area contributed by atoms with E-state index < -0.39 is 0 Å². The van der Waals surface area contributed by atoms with Crippen molar-refractivity contribution in [3.8, 4) is 0 Å². The zero-order valence-corrected chi connectivity index (χ0v) is 8.00. The smallest absolute Gasteiger partial charge is 0.141 e. The molecule has 1 aromatic heterocycles. The molecule has 0 bridgehead atoms. The van der Waals surface area contributed by atoms with Gasteiger partial charge >= 0.3 is 0 Å². The Hall–Kier alpha value is -0.240. The van der Waals surface area contributed by atoms with E-state index in [2.05, 4.69) is 33.2 Å². The van der Waals surface area contributed by atoms with Gasteiger partial charge in [0.15, 0.2) is 0 Å². The number of thioether (sulfide) groups is 2. The number of hydrogen-bond donors (Lipinski definition) is 3. The fourth-order valence-electron chi connectivity index (χ4n) is 0.822. The summed E-state index contributed by atoms with van der Waals surface area (Å²) in [6, 6.07) is 0. The highest BCUT2D eigenvalue weighted by Gasteiger charge is 2.31. The molecule has 1 aliphatic heterocycles. The number of hydrazine groups is 1. The summed E-state index contributed by atoms with van der Waals surface area (Å²) >= 11 is 3.29. The van der Waals surface area contributed by atoms with E-state index in [9.17, 15) is 0 Å². The first-order valence-electron chi connectivity index (χ1n) is 3.36. The van der Waals surface area contributed by atoms with Crippen LogP contribution in [0.3, 0.4) is 0 Å². The van der Waals surface area contributed by atoms with Gasteiger partial charge in [0.25, 0.3) is 0 Å². The molecule has 1 saturated heterocycles. The molecule has 0 saturated carbocycles.